The molecule has 3 aliphatic rings. The summed E-state index contributed by atoms with van der Waals surface area (Å²) in [5, 5.41) is 18.1. The van der Waals surface area contributed by atoms with Crippen LogP contribution < -0.4 is 4.90 Å². The average Bonchev–Trinajstić information content (AvgIpc) is 3.71. The monoisotopic (exact) mass is 650 g/mol. The second-order valence-electron chi connectivity index (χ2n) is 12.8. The Morgan fingerprint density at radius 1 is 1.16 bits per heavy atom. The van der Waals surface area contributed by atoms with E-state index in [1.54, 1.807) is 35.9 Å². The quantitative estimate of drug-likeness (QED) is 0.192. The number of hydrogen-bond acceptors (Lipinski definition) is 9. The summed E-state index contributed by atoms with van der Waals surface area (Å²) in [4.78, 5) is 24.1. The number of allylic oxidation sites excluding steroid dienone is 1. The molecule has 4 aromatic rings. The summed E-state index contributed by atoms with van der Waals surface area (Å²) in [6.07, 6.45) is 9.80. The zero-order valence-electron chi connectivity index (χ0n) is 24.6. The number of ether oxygens (including phenoxy) is 1. The van der Waals surface area contributed by atoms with Gasteiger partial charge in [0, 0.05) is 53.5 Å². The first kappa shape index (κ1) is 29.5. The zero-order valence-corrected chi connectivity index (χ0v) is 26.9. The van der Waals surface area contributed by atoms with E-state index in [4.69, 9.17) is 37.4 Å². The summed E-state index contributed by atoms with van der Waals surface area (Å²) in [5.41, 5.74) is 4.30. The van der Waals surface area contributed by atoms with Crippen LogP contribution in [0.4, 0.5) is 5.13 Å². The van der Waals surface area contributed by atoms with Crippen LogP contribution in [-0.4, -0.2) is 44.9 Å². The molecule has 1 saturated heterocycles. The molecule has 3 fully saturated rings. The topological polar surface area (TPSA) is 102 Å². The van der Waals surface area contributed by atoms with E-state index in [1.807, 2.05) is 32.2 Å². The highest BCUT2D eigenvalue weighted by Gasteiger charge is 2.54. The lowest BCUT2D eigenvalue weighted by molar-refractivity contribution is 0.00693. The summed E-state index contributed by atoms with van der Waals surface area (Å²) in [7, 11) is 0. The Bertz CT molecular complexity index is 1740. The number of carbonyl (C=O) groups excluding carboxylic acids is 1. The Morgan fingerprint density at radius 2 is 1.89 bits per heavy atom. The molecule has 2 saturated carbocycles. The Balaban J connectivity index is 1.05. The fourth-order valence-corrected chi connectivity index (χ4v) is 7.48. The van der Waals surface area contributed by atoms with E-state index in [1.165, 1.54) is 0 Å². The van der Waals surface area contributed by atoms with Crippen LogP contribution in [0.1, 0.15) is 66.8 Å². The molecule has 0 amide bonds. The van der Waals surface area contributed by atoms with Crippen molar-refractivity contribution in [1.29, 1.82) is 0 Å². The van der Waals surface area contributed by atoms with Gasteiger partial charge in [-0.2, -0.15) is 0 Å². The Labute approximate surface area is 269 Å². The van der Waals surface area contributed by atoms with Gasteiger partial charge in [-0.05, 0) is 75.1 Å². The minimum atomic E-state index is -0.609. The lowest BCUT2D eigenvalue weighted by Gasteiger charge is -2.20. The number of anilines is 1. The van der Waals surface area contributed by atoms with Crippen molar-refractivity contribution in [2.75, 3.05) is 18.0 Å². The van der Waals surface area contributed by atoms with E-state index >= 15 is 0 Å². The Morgan fingerprint density at radius 3 is 2.55 bits per heavy atom. The van der Waals surface area contributed by atoms with Gasteiger partial charge in [0.15, 0.2) is 5.13 Å². The van der Waals surface area contributed by atoms with Crippen LogP contribution in [-0.2, 0) is 11.3 Å². The number of benzene rings is 1. The normalized spacial score (nSPS) is 21.2. The van der Waals surface area contributed by atoms with Gasteiger partial charge in [-0.3, -0.25) is 4.98 Å². The number of aromatic nitrogens is 3. The zero-order chi connectivity index (χ0) is 30.7. The number of pyridine rings is 1. The highest BCUT2D eigenvalue weighted by molar-refractivity contribution is 7.14. The molecule has 11 heteroatoms. The summed E-state index contributed by atoms with van der Waals surface area (Å²) in [6.45, 7) is 7.19. The van der Waals surface area contributed by atoms with Crippen LogP contribution in [0.3, 0.4) is 0 Å². The van der Waals surface area contributed by atoms with Gasteiger partial charge >= 0.3 is 5.97 Å². The van der Waals surface area contributed by atoms with Gasteiger partial charge in [0.1, 0.15) is 17.1 Å². The molecule has 0 spiro atoms. The van der Waals surface area contributed by atoms with Crippen molar-refractivity contribution in [1.82, 2.24) is 15.1 Å². The SMILES string of the molecule is CC(C)(C)OC(=O)c1cc(CO)cc(-c2csc(N3CC4C(/C=C/c5c(-c6c(Cl)cncc6Cl)noc5C5CC5)C4C3)n2)c1. The lowest BCUT2D eigenvalue weighted by Crippen LogP contribution is -2.24. The Kier molecular flexibility index (Phi) is 7.56. The fraction of sp³-hybridized carbons (Fsp3) is 0.394. The van der Waals surface area contributed by atoms with Gasteiger partial charge in [-0.1, -0.05) is 40.5 Å². The molecule has 0 radical (unpaired) electrons. The maximum absolute atomic E-state index is 12.7. The molecular formula is C33H32Cl2N4O4S. The number of thiazole rings is 1. The van der Waals surface area contributed by atoms with E-state index in [-0.39, 0.29) is 6.61 Å². The first-order valence-corrected chi connectivity index (χ1v) is 16.4. The molecule has 1 aliphatic heterocycles. The van der Waals surface area contributed by atoms with Crippen LogP contribution >= 0.6 is 34.5 Å². The number of esters is 1. The number of rotatable bonds is 8. The van der Waals surface area contributed by atoms with Crippen molar-refractivity contribution in [2.45, 2.75) is 51.7 Å². The highest BCUT2D eigenvalue weighted by Crippen LogP contribution is 2.54. The molecule has 44 heavy (non-hydrogen) atoms. The van der Waals surface area contributed by atoms with Crippen molar-refractivity contribution in [3.63, 3.8) is 0 Å². The van der Waals surface area contributed by atoms with Gasteiger partial charge in [0.05, 0.1) is 27.9 Å². The summed E-state index contributed by atoms with van der Waals surface area (Å²) < 4.78 is 11.4. The second kappa shape index (κ2) is 11.3. The smallest absolute Gasteiger partial charge is 0.338 e. The van der Waals surface area contributed by atoms with Crippen LogP contribution in [0.25, 0.3) is 28.6 Å². The standard InChI is InChI=1S/C33H32Cl2N4O4S/c1-33(2,3)42-31(41)20-9-17(15-40)8-19(10-20)27-16-44-32(37-27)39-13-23-21(24(23)14-39)6-7-22-29(38-43-30(22)18-4-5-18)28-25(34)11-36-12-26(28)35/h6-12,16,18,21,23-24,40H,4-5,13-15H2,1-3H3/b7-6+. The van der Waals surface area contributed by atoms with Gasteiger partial charge in [0.25, 0.3) is 0 Å². The molecular weight excluding hydrogens is 619 g/mol. The van der Waals surface area contributed by atoms with Crippen LogP contribution in [0, 0.1) is 17.8 Å². The number of aliphatic hydroxyl groups excluding tert-OH is 1. The van der Waals surface area contributed by atoms with E-state index in [0.717, 1.165) is 53.6 Å². The van der Waals surface area contributed by atoms with E-state index in [0.29, 0.717) is 56.1 Å². The molecule has 2 unspecified atom stereocenters. The van der Waals surface area contributed by atoms with Gasteiger partial charge < -0.3 is 19.3 Å². The number of aliphatic hydroxyl groups is 1. The highest BCUT2D eigenvalue weighted by atomic mass is 35.5. The molecule has 8 nitrogen and oxygen atoms in total. The van der Waals surface area contributed by atoms with Crippen molar-refractivity contribution in [3.05, 3.63) is 74.5 Å². The lowest BCUT2D eigenvalue weighted by atomic mass is 10.0. The summed E-state index contributed by atoms with van der Waals surface area (Å²) in [6, 6.07) is 5.33. The fourth-order valence-electron chi connectivity index (χ4n) is 6.08. The molecule has 0 bridgehead atoms. The van der Waals surface area contributed by atoms with Crippen molar-refractivity contribution < 1.29 is 19.2 Å². The maximum Gasteiger partial charge on any atom is 0.338 e. The Hall–Kier alpha value is -3.24. The third kappa shape index (κ3) is 5.78. The number of carbonyl (C=O) groups is 1. The molecule has 3 aromatic heterocycles. The minimum Gasteiger partial charge on any atom is -0.456 e. The number of fused-ring (bicyclic) bond motifs is 1. The average molecular weight is 652 g/mol. The first-order chi connectivity index (χ1) is 21.1. The van der Waals surface area contributed by atoms with Crippen LogP contribution in [0.15, 0.2) is 46.6 Å². The molecule has 7 rings (SSSR count). The van der Waals surface area contributed by atoms with Crippen molar-refractivity contribution in [3.8, 4) is 22.5 Å². The molecule has 1 N–H and O–H groups in total. The maximum atomic E-state index is 12.7. The van der Waals surface area contributed by atoms with E-state index in [9.17, 15) is 9.90 Å². The van der Waals surface area contributed by atoms with E-state index < -0.39 is 11.6 Å². The number of hydrogen-bond donors (Lipinski definition) is 1. The first-order valence-electron chi connectivity index (χ1n) is 14.8. The van der Waals surface area contributed by atoms with Crippen LogP contribution in [0.2, 0.25) is 10.0 Å². The largest absolute Gasteiger partial charge is 0.456 e. The van der Waals surface area contributed by atoms with Gasteiger partial charge in [0.2, 0.25) is 0 Å². The molecule has 2 atom stereocenters. The van der Waals surface area contributed by atoms with Crippen molar-refractivity contribution in [2.24, 2.45) is 17.8 Å². The molecule has 4 heterocycles. The number of nitrogens with zero attached hydrogens (tertiary/aromatic N) is 4. The van der Waals surface area contributed by atoms with Crippen molar-refractivity contribution >= 4 is 51.7 Å². The minimum absolute atomic E-state index is 0.174. The second-order valence-corrected chi connectivity index (χ2v) is 14.5. The predicted molar refractivity (Wildman–Crippen MR) is 172 cm³/mol. The number of piperidine rings is 1. The van der Waals surface area contributed by atoms with Crippen LogP contribution in [0.5, 0.6) is 0 Å². The van der Waals surface area contributed by atoms with Gasteiger partial charge in [-0.15, -0.1) is 11.3 Å². The summed E-state index contributed by atoms with van der Waals surface area (Å²) >= 11 is 14.5. The molecule has 228 valence electrons. The molecule has 1 aromatic carbocycles. The van der Waals surface area contributed by atoms with E-state index in [2.05, 4.69) is 27.2 Å². The third-order valence-electron chi connectivity index (χ3n) is 8.41. The number of halogens is 2. The predicted octanol–water partition coefficient (Wildman–Crippen LogP) is 7.89. The summed E-state index contributed by atoms with van der Waals surface area (Å²) in [5.74, 6) is 2.45. The third-order valence-corrected chi connectivity index (χ3v) is 9.88. The van der Waals surface area contributed by atoms with Gasteiger partial charge in [-0.25, -0.2) is 9.78 Å². The molecule has 2 aliphatic carbocycles.